The van der Waals surface area contributed by atoms with Crippen molar-refractivity contribution in [3.63, 3.8) is 0 Å². The Morgan fingerprint density at radius 1 is 0.455 bits per heavy atom. The van der Waals surface area contributed by atoms with Crippen LogP contribution < -0.4 is 0 Å². The van der Waals surface area contributed by atoms with E-state index in [9.17, 15) is 52.7 Å². The smallest absolute Gasteiger partial charge is 0.321 e. The fourth-order valence-electron chi connectivity index (χ4n) is 9.01. The van der Waals surface area contributed by atoms with E-state index < -0.39 is 100 Å². The molecule has 0 radical (unpaired) electrons. The fourth-order valence-corrected chi connectivity index (χ4v) is 13.9. The third kappa shape index (κ3) is 10.0. The SMILES string of the molecule is C[C@@H]([C@H](OP1N(C)[C@@H](c2cccc(C(F)(F)F)c2)[C@H](c2cccc(C(F)(F)F)c2)N1C)c1ccccc1)N(C)P1N(C)[C@@H](c2cccc(C(F)(F)F)c2)[C@H](c2cccc(C(F)(F)F)c2)N1C. The minimum atomic E-state index is -4.72. The van der Waals surface area contributed by atoms with Gasteiger partial charge in [0.15, 0.2) is 8.45 Å². The Balaban J connectivity index is 1.30. The molecule has 0 unspecified atom stereocenters. The number of likely N-dealkylation sites (N-methyl/N-ethyl adjacent to an activating group) is 5. The summed E-state index contributed by atoms with van der Waals surface area (Å²) in [7, 11) is 4.72. The lowest BCUT2D eigenvalue weighted by molar-refractivity contribution is -0.138. The van der Waals surface area contributed by atoms with Gasteiger partial charge in [0.1, 0.15) is 14.5 Å². The molecule has 2 aliphatic rings. The summed E-state index contributed by atoms with van der Waals surface area (Å²) in [6.07, 6.45) is -19.7. The molecule has 2 saturated heterocycles. The first-order chi connectivity index (χ1) is 30.8. The third-order valence-corrected chi connectivity index (χ3v) is 16.7. The summed E-state index contributed by atoms with van der Waals surface area (Å²) in [4.78, 5) is 0. The molecule has 2 aliphatic heterocycles. The molecule has 0 aliphatic carbocycles. The molecule has 6 atom stereocenters. The molecule has 2 heterocycles. The van der Waals surface area contributed by atoms with Crippen molar-refractivity contribution in [1.29, 1.82) is 0 Å². The summed E-state index contributed by atoms with van der Waals surface area (Å²) in [6, 6.07) is 23.4. The molecule has 0 saturated carbocycles. The topological polar surface area (TPSA) is 25.4 Å². The second kappa shape index (κ2) is 18.8. The molecule has 0 aromatic heterocycles. The molecule has 0 N–H and O–H groups in total. The van der Waals surface area contributed by atoms with E-state index in [2.05, 4.69) is 0 Å². The number of hydrogen-bond donors (Lipinski definition) is 0. The highest BCUT2D eigenvalue weighted by Gasteiger charge is 2.52. The van der Waals surface area contributed by atoms with Crippen molar-refractivity contribution in [3.8, 4) is 0 Å². The van der Waals surface area contributed by atoms with Crippen molar-refractivity contribution in [2.45, 2.75) is 67.9 Å². The van der Waals surface area contributed by atoms with Crippen LogP contribution in [-0.2, 0) is 29.2 Å². The zero-order chi connectivity index (χ0) is 48.3. The van der Waals surface area contributed by atoms with E-state index in [1.165, 1.54) is 48.5 Å². The van der Waals surface area contributed by atoms with Crippen LogP contribution in [0.3, 0.4) is 0 Å². The molecular formula is C46H45F12N5OP2. The minimum absolute atomic E-state index is 0.190. The molecule has 2 fully saturated rings. The summed E-state index contributed by atoms with van der Waals surface area (Å²) in [5.74, 6) is 0. The Hall–Kier alpha value is -4.12. The van der Waals surface area contributed by atoms with Gasteiger partial charge in [-0.05, 0) is 119 Å². The van der Waals surface area contributed by atoms with E-state index in [0.29, 0.717) is 5.56 Å². The van der Waals surface area contributed by atoms with Crippen LogP contribution in [-0.4, -0.2) is 64.6 Å². The second-order valence-electron chi connectivity index (χ2n) is 16.3. The van der Waals surface area contributed by atoms with Gasteiger partial charge in [-0.3, -0.25) is 14.0 Å². The third-order valence-electron chi connectivity index (χ3n) is 12.2. The van der Waals surface area contributed by atoms with E-state index in [0.717, 1.165) is 48.5 Å². The van der Waals surface area contributed by atoms with Crippen LogP contribution in [0.5, 0.6) is 0 Å². The monoisotopic (exact) mass is 973 g/mol. The van der Waals surface area contributed by atoms with Crippen molar-refractivity contribution >= 4 is 16.8 Å². The standard InChI is InChI=1S/C46H45F12N5OP2/c1-28(59(2)65-60(3)38(30-16-10-20-34(24-30)43(47,48)49)39(61(65)4)31-17-11-21-35(25-31)44(50,51)52)42(29-14-8-7-9-15-29)64-66-62(5)40(32-18-12-22-36(26-32)45(53,54)55)41(63(66)6)33-19-13-23-37(27-33)46(56,57)58/h7-28,38-42H,1-6H3/t28-,38-,39-,40-,41-,42-/m0/s1. The number of benzene rings is 5. The van der Waals surface area contributed by atoms with Gasteiger partial charge in [0.2, 0.25) is 0 Å². The van der Waals surface area contributed by atoms with E-state index in [1.54, 1.807) is 74.9 Å². The van der Waals surface area contributed by atoms with E-state index in [-0.39, 0.29) is 22.3 Å². The molecule has 5 aromatic rings. The first-order valence-electron chi connectivity index (χ1n) is 20.4. The summed E-state index contributed by atoms with van der Waals surface area (Å²) in [5, 5.41) is 0. The largest absolute Gasteiger partial charge is 0.416 e. The zero-order valence-corrected chi connectivity index (χ0v) is 38.0. The number of rotatable bonds is 10. The lowest BCUT2D eigenvalue weighted by Crippen LogP contribution is -2.37. The van der Waals surface area contributed by atoms with Gasteiger partial charge < -0.3 is 4.52 Å². The quantitative estimate of drug-likeness (QED) is 0.102. The number of alkyl halides is 12. The molecule has 0 amide bonds. The van der Waals surface area contributed by atoms with Gasteiger partial charge in [0.05, 0.1) is 46.4 Å². The molecule has 0 spiro atoms. The zero-order valence-electron chi connectivity index (χ0n) is 36.2. The lowest BCUT2D eigenvalue weighted by Gasteiger charge is -2.42. The van der Waals surface area contributed by atoms with Crippen LogP contribution in [0.25, 0.3) is 0 Å². The maximum atomic E-state index is 14.1. The maximum absolute atomic E-state index is 14.1. The van der Waals surface area contributed by atoms with Gasteiger partial charge in [0, 0.05) is 6.04 Å². The Morgan fingerprint density at radius 2 is 0.758 bits per heavy atom. The first-order valence-corrected chi connectivity index (χ1v) is 22.8. The average molecular weight is 974 g/mol. The number of nitrogens with zero attached hydrogens (tertiary/aromatic N) is 5. The number of halogens is 12. The Bertz CT molecular complexity index is 2330. The molecular weight excluding hydrogens is 928 g/mol. The van der Waals surface area contributed by atoms with Crippen molar-refractivity contribution in [3.05, 3.63) is 177 Å². The van der Waals surface area contributed by atoms with Gasteiger partial charge in [0.25, 0.3) is 0 Å². The maximum Gasteiger partial charge on any atom is 0.416 e. The van der Waals surface area contributed by atoms with Crippen molar-refractivity contribution in [2.24, 2.45) is 0 Å². The van der Waals surface area contributed by atoms with Gasteiger partial charge in [-0.2, -0.15) is 52.7 Å². The summed E-state index contributed by atoms with van der Waals surface area (Å²) < 4.78 is 186. The molecule has 66 heavy (non-hydrogen) atoms. The average Bonchev–Trinajstić information content (AvgIpc) is 3.67. The van der Waals surface area contributed by atoms with Crippen molar-refractivity contribution in [1.82, 2.24) is 23.4 Å². The van der Waals surface area contributed by atoms with Gasteiger partial charge >= 0.3 is 24.7 Å². The molecule has 0 bridgehead atoms. The van der Waals surface area contributed by atoms with E-state index in [4.69, 9.17) is 4.52 Å². The van der Waals surface area contributed by atoms with Gasteiger partial charge in [-0.1, -0.05) is 78.9 Å². The van der Waals surface area contributed by atoms with E-state index in [1.807, 2.05) is 20.9 Å². The first kappa shape index (κ1) is 49.8. The van der Waals surface area contributed by atoms with Crippen molar-refractivity contribution < 1.29 is 57.2 Å². The Morgan fingerprint density at radius 3 is 1.06 bits per heavy atom. The highest BCUT2D eigenvalue weighted by atomic mass is 31.2. The Kier molecular flexibility index (Phi) is 14.1. The van der Waals surface area contributed by atoms with Gasteiger partial charge in [-0.25, -0.2) is 9.34 Å². The summed E-state index contributed by atoms with van der Waals surface area (Å²) in [5.41, 5.74) is -2.24. The molecule has 7 rings (SSSR count). The van der Waals surface area contributed by atoms with Crippen LogP contribution in [0.15, 0.2) is 127 Å². The minimum Gasteiger partial charge on any atom is -0.321 e. The molecule has 5 aromatic carbocycles. The molecule has 6 nitrogen and oxygen atoms in total. The molecule has 20 heteroatoms. The van der Waals surface area contributed by atoms with Crippen molar-refractivity contribution in [2.75, 3.05) is 35.2 Å². The normalized spacial score (nSPS) is 22.4. The highest BCUT2D eigenvalue weighted by molar-refractivity contribution is 7.50. The van der Waals surface area contributed by atoms with Crippen LogP contribution in [0.2, 0.25) is 0 Å². The number of hydrogen-bond acceptors (Lipinski definition) is 6. The van der Waals surface area contributed by atoms with Gasteiger partial charge in [-0.15, -0.1) is 0 Å². The predicted octanol–water partition coefficient (Wildman–Crippen LogP) is 14.3. The fraction of sp³-hybridized carbons (Fsp3) is 0.348. The highest BCUT2D eigenvalue weighted by Crippen LogP contribution is 2.68. The van der Waals surface area contributed by atoms with Crippen LogP contribution in [0, 0.1) is 0 Å². The van der Waals surface area contributed by atoms with Crippen LogP contribution in [0.4, 0.5) is 52.7 Å². The second-order valence-corrected chi connectivity index (χ2v) is 20.7. The lowest BCUT2D eigenvalue weighted by atomic mass is 9.91. The summed E-state index contributed by atoms with van der Waals surface area (Å²) in [6.45, 7) is 1.85. The van der Waals surface area contributed by atoms with Crippen LogP contribution in [0.1, 0.15) is 87.3 Å². The molecule has 354 valence electrons. The predicted molar refractivity (Wildman–Crippen MR) is 229 cm³/mol. The summed E-state index contributed by atoms with van der Waals surface area (Å²) >= 11 is 0. The Labute approximate surface area is 377 Å². The van der Waals surface area contributed by atoms with E-state index >= 15 is 0 Å². The van der Waals surface area contributed by atoms with Crippen LogP contribution >= 0.6 is 16.8 Å².